The molecule has 0 heterocycles. The van der Waals surface area contributed by atoms with Gasteiger partial charge in [0.1, 0.15) is 23.2 Å². The molecule has 0 aliphatic carbocycles. The predicted molar refractivity (Wildman–Crippen MR) is 114 cm³/mol. The van der Waals surface area contributed by atoms with Crippen molar-refractivity contribution in [2.24, 2.45) is 0 Å². The Balaban J connectivity index is 2.14. The van der Waals surface area contributed by atoms with Gasteiger partial charge in [-0.15, -0.1) is 0 Å². The standard InChI is InChI=1S/C23H21F3NOP/c1-18(27-22(28)23(24,25)26)17-29(19-11-5-2-6-12-19,20-13-7-3-8-14-20)21-15-9-4-10-16-21/h2-16,18H,17H2,1H3/p+1/t18-/m0/s1. The van der Waals surface area contributed by atoms with Crippen molar-refractivity contribution in [2.75, 3.05) is 6.16 Å². The number of hydrogen-bond donors (Lipinski definition) is 1. The molecule has 1 amide bonds. The van der Waals surface area contributed by atoms with Crippen LogP contribution in [0.1, 0.15) is 6.92 Å². The van der Waals surface area contributed by atoms with E-state index >= 15 is 0 Å². The lowest BCUT2D eigenvalue weighted by Crippen LogP contribution is -2.46. The second kappa shape index (κ2) is 8.79. The Morgan fingerprint density at radius 1 is 0.793 bits per heavy atom. The molecule has 0 saturated carbocycles. The van der Waals surface area contributed by atoms with E-state index in [1.807, 2.05) is 91.0 Å². The van der Waals surface area contributed by atoms with Gasteiger partial charge in [-0.1, -0.05) is 54.6 Å². The van der Waals surface area contributed by atoms with Gasteiger partial charge in [-0.3, -0.25) is 4.79 Å². The zero-order valence-electron chi connectivity index (χ0n) is 15.9. The molecule has 0 saturated heterocycles. The molecule has 0 spiro atoms. The van der Waals surface area contributed by atoms with Crippen molar-refractivity contribution in [3.63, 3.8) is 0 Å². The zero-order valence-corrected chi connectivity index (χ0v) is 16.8. The average Bonchev–Trinajstić information content (AvgIpc) is 2.73. The first kappa shape index (κ1) is 21.1. The summed E-state index contributed by atoms with van der Waals surface area (Å²) < 4.78 is 38.4. The monoisotopic (exact) mass is 416 g/mol. The van der Waals surface area contributed by atoms with Gasteiger partial charge in [-0.05, 0) is 43.3 Å². The molecule has 0 bridgehead atoms. The van der Waals surface area contributed by atoms with Gasteiger partial charge in [0.05, 0.1) is 12.2 Å². The Morgan fingerprint density at radius 2 is 1.14 bits per heavy atom. The van der Waals surface area contributed by atoms with Gasteiger partial charge in [-0.25, -0.2) is 0 Å². The third kappa shape index (κ3) is 4.68. The van der Waals surface area contributed by atoms with Gasteiger partial charge >= 0.3 is 12.1 Å². The molecule has 2 nitrogen and oxygen atoms in total. The SMILES string of the molecule is C[C@@H](C[P+](c1ccccc1)(c1ccccc1)c1ccccc1)NC(=O)C(F)(F)F. The highest BCUT2D eigenvalue weighted by Crippen LogP contribution is 2.55. The van der Waals surface area contributed by atoms with E-state index in [1.54, 1.807) is 6.92 Å². The largest absolute Gasteiger partial charge is 0.471 e. The number of benzene rings is 3. The molecule has 3 aromatic carbocycles. The van der Waals surface area contributed by atoms with Gasteiger partial charge in [0, 0.05) is 0 Å². The van der Waals surface area contributed by atoms with Crippen LogP contribution in [0.5, 0.6) is 0 Å². The van der Waals surface area contributed by atoms with E-state index in [4.69, 9.17) is 0 Å². The van der Waals surface area contributed by atoms with E-state index in [-0.39, 0.29) is 0 Å². The molecule has 1 N–H and O–H groups in total. The summed E-state index contributed by atoms with van der Waals surface area (Å²) in [6.45, 7) is 1.63. The molecule has 0 fully saturated rings. The number of amides is 1. The maximum Gasteiger partial charge on any atom is 0.471 e. The molecular weight excluding hydrogens is 394 g/mol. The summed E-state index contributed by atoms with van der Waals surface area (Å²) in [6.07, 6.45) is -4.52. The number of carbonyl (C=O) groups is 1. The average molecular weight is 416 g/mol. The van der Waals surface area contributed by atoms with Gasteiger partial charge in [0.25, 0.3) is 0 Å². The molecule has 0 radical (unpaired) electrons. The maximum atomic E-state index is 12.8. The molecule has 0 unspecified atom stereocenters. The maximum absolute atomic E-state index is 12.8. The van der Waals surface area contributed by atoms with Gasteiger partial charge in [0.2, 0.25) is 0 Å². The number of rotatable bonds is 6. The van der Waals surface area contributed by atoms with Crippen molar-refractivity contribution in [2.45, 2.75) is 19.1 Å². The van der Waals surface area contributed by atoms with E-state index in [2.05, 4.69) is 5.32 Å². The van der Waals surface area contributed by atoms with Crippen LogP contribution >= 0.6 is 7.26 Å². The Hall–Kier alpha value is -2.65. The van der Waals surface area contributed by atoms with Crippen LogP contribution in [0.3, 0.4) is 0 Å². The fourth-order valence-corrected chi connectivity index (χ4v) is 8.06. The first-order valence-electron chi connectivity index (χ1n) is 9.26. The third-order valence-electron chi connectivity index (χ3n) is 4.77. The number of hydrogen-bond acceptors (Lipinski definition) is 1. The first-order chi connectivity index (χ1) is 13.8. The summed E-state index contributed by atoms with van der Waals surface area (Å²) in [5.41, 5.74) is 0. The van der Waals surface area contributed by atoms with Gasteiger partial charge in [-0.2, -0.15) is 13.2 Å². The van der Waals surface area contributed by atoms with Crippen LogP contribution in [0, 0.1) is 0 Å². The third-order valence-corrected chi connectivity index (χ3v) is 9.41. The molecule has 0 aliphatic rings. The van der Waals surface area contributed by atoms with Crippen LogP contribution in [0.25, 0.3) is 0 Å². The molecule has 29 heavy (non-hydrogen) atoms. The molecule has 0 aromatic heterocycles. The number of halogens is 3. The van der Waals surface area contributed by atoms with Crippen LogP contribution in [0.2, 0.25) is 0 Å². The fraction of sp³-hybridized carbons (Fsp3) is 0.174. The van der Waals surface area contributed by atoms with Crippen LogP contribution < -0.4 is 21.2 Å². The van der Waals surface area contributed by atoms with E-state index in [1.165, 1.54) is 0 Å². The molecule has 6 heteroatoms. The molecule has 1 atom stereocenters. The fourth-order valence-electron chi connectivity index (χ4n) is 3.57. The Morgan fingerprint density at radius 3 is 1.45 bits per heavy atom. The predicted octanol–water partition coefficient (Wildman–Crippen LogP) is 4.05. The van der Waals surface area contributed by atoms with Crippen LogP contribution in [-0.2, 0) is 4.79 Å². The van der Waals surface area contributed by atoms with Crippen LogP contribution in [0.15, 0.2) is 91.0 Å². The van der Waals surface area contributed by atoms with Crippen LogP contribution in [-0.4, -0.2) is 24.3 Å². The summed E-state index contributed by atoms with van der Waals surface area (Å²) >= 11 is 0. The van der Waals surface area contributed by atoms with Crippen molar-refractivity contribution in [1.29, 1.82) is 0 Å². The number of carbonyl (C=O) groups excluding carboxylic acids is 1. The number of alkyl halides is 3. The minimum Gasteiger partial charge on any atom is -0.342 e. The topological polar surface area (TPSA) is 29.1 Å². The Labute approximate surface area is 169 Å². The highest BCUT2D eigenvalue weighted by Gasteiger charge is 2.47. The molecule has 3 aromatic rings. The Kier molecular flexibility index (Phi) is 6.39. The van der Waals surface area contributed by atoms with E-state index in [0.717, 1.165) is 15.9 Å². The zero-order chi connectivity index (χ0) is 20.9. The quantitative estimate of drug-likeness (QED) is 0.604. The molecule has 3 rings (SSSR count). The molecule has 0 aliphatic heterocycles. The lowest BCUT2D eigenvalue weighted by molar-refractivity contribution is -0.174. The normalized spacial score (nSPS) is 13.0. The molecular formula is C23H22F3NOP+. The second-order valence-corrected chi connectivity index (χ2v) is 10.4. The lowest BCUT2D eigenvalue weighted by atomic mass is 10.3. The smallest absolute Gasteiger partial charge is 0.342 e. The molecule has 150 valence electrons. The highest BCUT2D eigenvalue weighted by molar-refractivity contribution is 7.95. The van der Waals surface area contributed by atoms with E-state index in [0.29, 0.717) is 6.16 Å². The second-order valence-electron chi connectivity index (χ2n) is 6.87. The van der Waals surface area contributed by atoms with E-state index < -0.39 is 25.4 Å². The summed E-state index contributed by atoms with van der Waals surface area (Å²) in [5.74, 6) is -1.91. The van der Waals surface area contributed by atoms with Gasteiger partial charge < -0.3 is 5.32 Å². The summed E-state index contributed by atoms with van der Waals surface area (Å²) in [5, 5.41) is 5.33. The van der Waals surface area contributed by atoms with Crippen LogP contribution in [0.4, 0.5) is 13.2 Å². The van der Waals surface area contributed by atoms with Crippen molar-refractivity contribution in [3.05, 3.63) is 91.0 Å². The van der Waals surface area contributed by atoms with Crippen molar-refractivity contribution < 1.29 is 18.0 Å². The first-order valence-corrected chi connectivity index (χ1v) is 11.2. The Bertz CT molecular complexity index is 834. The summed E-state index contributed by atoms with van der Waals surface area (Å²) in [7, 11) is -2.30. The lowest BCUT2D eigenvalue weighted by Gasteiger charge is -2.30. The highest BCUT2D eigenvalue weighted by atomic mass is 31.2. The van der Waals surface area contributed by atoms with Gasteiger partial charge in [0.15, 0.2) is 0 Å². The number of nitrogens with one attached hydrogen (secondary N) is 1. The van der Waals surface area contributed by atoms with Crippen molar-refractivity contribution >= 4 is 29.1 Å². The van der Waals surface area contributed by atoms with E-state index in [9.17, 15) is 18.0 Å². The minimum atomic E-state index is -4.90. The van der Waals surface area contributed by atoms with Crippen molar-refractivity contribution in [3.8, 4) is 0 Å². The van der Waals surface area contributed by atoms with Crippen molar-refractivity contribution in [1.82, 2.24) is 5.32 Å². The summed E-state index contributed by atoms with van der Waals surface area (Å²) in [6, 6.07) is 28.8. The minimum absolute atomic E-state index is 0.382. The summed E-state index contributed by atoms with van der Waals surface area (Å²) in [4.78, 5) is 11.5.